The molecule has 104 valence electrons. The van der Waals surface area contributed by atoms with Crippen LogP contribution in [0.25, 0.3) is 0 Å². The van der Waals surface area contributed by atoms with Crippen molar-refractivity contribution in [3.8, 4) is 0 Å². The van der Waals surface area contributed by atoms with Crippen LogP contribution in [0.2, 0.25) is 0 Å². The first-order valence-corrected chi connectivity index (χ1v) is 6.45. The molecule has 4 nitrogen and oxygen atoms in total. The second-order valence-corrected chi connectivity index (χ2v) is 4.93. The van der Waals surface area contributed by atoms with Crippen LogP contribution in [0.3, 0.4) is 0 Å². The highest BCUT2D eigenvalue weighted by Gasteiger charge is 2.14. The number of nitrogens with one attached hydrogen (secondary N) is 1. The van der Waals surface area contributed by atoms with Gasteiger partial charge >= 0.3 is 0 Å². The Morgan fingerprint density at radius 3 is 2.15 bits per heavy atom. The van der Waals surface area contributed by atoms with Crippen LogP contribution in [-0.4, -0.2) is 16.3 Å². The fourth-order valence-corrected chi connectivity index (χ4v) is 2.07. The minimum Gasteiger partial charge on any atom is -0.351 e. The average molecular weight is 270 g/mol. The van der Waals surface area contributed by atoms with Crippen LogP contribution in [0.1, 0.15) is 39.0 Å². The molecule has 0 aliphatic rings. The van der Waals surface area contributed by atoms with Gasteiger partial charge in [0.1, 0.15) is 0 Å². The van der Waals surface area contributed by atoms with Gasteiger partial charge in [-0.1, -0.05) is 0 Å². The number of amides is 1. The smallest absolute Gasteiger partial charge is 0.257 e. The molecule has 0 bridgehead atoms. The molecule has 1 amide bonds. The van der Waals surface area contributed by atoms with Crippen LogP contribution < -0.4 is 5.32 Å². The van der Waals surface area contributed by atoms with E-state index in [-0.39, 0.29) is 11.7 Å². The molecule has 0 aliphatic heterocycles. The van der Waals surface area contributed by atoms with Gasteiger partial charge in [0.25, 0.3) is 5.91 Å². The average Bonchev–Trinajstić information content (AvgIpc) is 2.67. The number of carbonyl (C=O) groups excluding carboxylic acids is 2. The first-order chi connectivity index (χ1) is 9.40. The summed E-state index contributed by atoms with van der Waals surface area (Å²) in [5, 5.41) is 2.84. The summed E-state index contributed by atoms with van der Waals surface area (Å²) in [5.74, 6) is -0.126. The summed E-state index contributed by atoms with van der Waals surface area (Å²) >= 11 is 0. The van der Waals surface area contributed by atoms with Gasteiger partial charge in [0.05, 0.1) is 5.56 Å². The number of hydrogen-bond acceptors (Lipinski definition) is 2. The van der Waals surface area contributed by atoms with Crippen molar-refractivity contribution in [2.24, 2.45) is 7.05 Å². The molecule has 0 saturated heterocycles. The monoisotopic (exact) mass is 270 g/mol. The highest BCUT2D eigenvalue weighted by atomic mass is 16.1. The third-order valence-electron chi connectivity index (χ3n) is 3.57. The maximum Gasteiger partial charge on any atom is 0.257 e. The molecule has 0 aliphatic carbocycles. The Bertz CT molecular complexity index is 667. The van der Waals surface area contributed by atoms with E-state index in [9.17, 15) is 9.59 Å². The standard InChI is InChI=1S/C16H18N2O2/c1-10-9-15(11(2)18(10)4)16(20)17-14-7-5-13(6-8-14)12(3)19/h5-9H,1-4H3,(H,17,20). The lowest BCUT2D eigenvalue weighted by Gasteiger charge is -2.06. The molecule has 0 saturated carbocycles. The second-order valence-electron chi connectivity index (χ2n) is 4.93. The topological polar surface area (TPSA) is 51.1 Å². The lowest BCUT2D eigenvalue weighted by Crippen LogP contribution is -2.13. The third kappa shape index (κ3) is 2.64. The van der Waals surface area contributed by atoms with Gasteiger partial charge in [-0.25, -0.2) is 0 Å². The maximum atomic E-state index is 12.2. The van der Waals surface area contributed by atoms with E-state index in [0.29, 0.717) is 16.8 Å². The normalized spacial score (nSPS) is 10.4. The fraction of sp³-hybridized carbons (Fsp3) is 0.250. The van der Waals surface area contributed by atoms with E-state index < -0.39 is 0 Å². The van der Waals surface area contributed by atoms with E-state index in [2.05, 4.69) is 5.32 Å². The molecule has 1 heterocycles. The molecular formula is C16H18N2O2. The first-order valence-electron chi connectivity index (χ1n) is 6.45. The van der Waals surface area contributed by atoms with Crippen LogP contribution in [-0.2, 0) is 7.05 Å². The van der Waals surface area contributed by atoms with E-state index in [1.165, 1.54) is 6.92 Å². The highest BCUT2D eigenvalue weighted by molar-refractivity contribution is 6.05. The lowest BCUT2D eigenvalue weighted by atomic mass is 10.1. The number of aryl methyl sites for hydroxylation is 1. The zero-order valence-corrected chi connectivity index (χ0v) is 12.2. The first kappa shape index (κ1) is 14.1. The molecular weight excluding hydrogens is 252 g/mol. The molecule has 2 rings (SSSR count). The lowest BCUT2D eigenvalue weighted by molar-refractivity contribution is 0.101. The number of hydrogen-bond donors (Lipinski definition) is 1. The molecule has 0 unspecified atom stereocenters. The number of rotatable bonds is 3. The Labute approximate surface area is 118 Å². The molecule has 1 aromatic heterocycles. The van der Waals surface area contributed by atoms with Gasteiger partial charge in [0.2, 0.25) is 0 Å². The largest absolute Gasteiger partial charge is 0.351 e. The molecule has 20 heavy (non-hydrogen) atoms. The zero-order chi connectivity index (χ0) is 14.9. The van der Waals surface area contributed by atoms with Gasteiger partial charge in [0.15, 0.2) is 5.78 Å². The Balaban J connectivity index is 2.19. The van der Waals surface area contributed by atoms with Crippen molar-refractivity contribution in [1.82, 2.24) is 4.57 Å². The summed E-state index contributed by atoms with van der Waals surface area (Å²) in [6.45, 7) is 5.40. The van der Waals surface area contributed by atoms with Gasteiger partial charge in [0, 0.05) is 29.7 Å². The summed E-state index contributed by atoms with van der Waals surface area (Å²) < 4.78 is 1.98. The quantitative estimate of drug-likeness (QED) is 0.871. The van der Waals surface area contributed by atoms with Crippen molar-refractivity contribution in [1.29, 1.82) is 0 Å². The Kier molecular flexibility index (Phi) is 3.74. The van der Waals surface area contributed by atoms with E-state index in [4.69, 9.17) is 0 Å². The summed E-state index contributed by atoms with van der Waals surface area (Å²) in [7, 11) is 1.93. The van der Waals surface area contributed by atoms with E-state index >= 15 is 0 Å². The van der Waals surface area contributed by atoms with Gasteiger partial charge < -0.3 is 9.88 Å². The molecule has 0 radical (unpaired) electrons. The van der Waals surface area contributed by atoms with Gasteiger partial charge in [-0.15, -0.1) is 0 Å². The number of nitrogens with zero attached hydrogens (tertiary/aromatic N) is 1. The summed E-state index contributed by atoms with van der Waals surface area (Å²) in [4.78, 5) is 23.4. The third-order valence-corrected chi connectivity index (χ3v) is 3.57. The number of anilines is 1. The number of carbonyl (C=O) groups is 2. The van der Waals surface area contributed by atoms with Crippen molar-refractivity contribution >= 4 is 17.4 Å². The molecule has 0 atom stereocenters. The van der Waals surface area contributed by atoms with Crippen LogP contribution in [0.15, 0.2) is 30.3 Å². The zero-order valence-electron chi connectivity index (χ0n) is 12.2. The number of ketones is 1. The Morgan fingerprint density at radius 1 is 1.10 bits per heavy atom. The minimum atomic E-state index is -0.137. The van der Waals surface area contributed by atoms with Crippen molar-refractivity contribution in [2.75, 3.05) is 5.32 Å². The van der Waals surface area contributed by atoms with Crippen LogP contribution in [0, 0.1) is 13.8 Å². The second kappa shape index (κ2) is 5.33. The summed E-state index contributed by atoms with van der Waals surface area (Å²) in [6.07, 6.45) is 0. The predicted octanol–water partition coefficient (Wildman–Crippen LogP) is 3.10. The van der Waals surface area contributed by atoms with Gasteiger partial charge in [-0.2, -0.15) is 0 Å². The predicted molar refractivity (Wildman–Crippen MR) is 79.3 cm³/mol. The van der Waals surface area contributed by atoms with Crippen molar-refractivity contribution in [2.45, 2.75) is 20.8 Å². The molecule has 0 fully saturated rings. The SMILES string of the molecule is CC(=O)c1ccc(NC(=O)c2cc(C)n(C)c2C)cc1. The Hall–Kier alpha value is -2.36. The summed E-state index contributed by atoms with van der Waals surface area (Å²) in [5.41, 5.74) is 3.95. The highest BCUT2D eigenvalue weighted by Crippen LogP contribution is 2.16. The number of aromatic nitrogens is 1. The minimum absolute atomic E-state index is 0.0115. The fourth-order valence-electron chi connectivity index (χ4n) is 2.07. The molecule has 0 spiro atoms. The van der Waals surface area contributed by atoms with Gasteiger partial charge in [-0.05, 0) is 51.1 Å². The maximum absolute atomic E-state index is 12.2. The Morgan fingerprint density at radius 2 is 1.70 bits per heavy atom. The molecule has 2 aromatic rings. The van der Waals surface area contributed by atoms with Crippen molar-refractivity contribution in [3.05, 3.63) is 52.8 Å². The van der Waals surface area contributed by atoms with Gasteiger partial charge in [-0.3, -0.25) is 9.59 Å². The molecule has 4 heteroatoms. The molecule has 1 aromatic carbocycles. The van der Waals surface area contributed by atoms with Crippen molar-refractivity contribution in [3.63, 3.8) is 0 Å². The van der Waals surface area contributed by atoms with Crippen LogP contribution in [0.4, 0.5) is 5.69 Å². The van der Waals surface area contributed by atoms with Crippen LogP contribution in [0.5, 0.6) is 0 Å². The number of Topliss-reactive ketones (excluding diaryl/α,β-unsaturated/α-hetero) is 1. The van der Waals surface area contributed by atoms with E-state index in [1.807, 2.05) is 31.5 Å². The summed E-state index contributed by atoms with van der Waals surface area (Å²) in [6, 6.07) is 8.76. The van der Waals surface area contributed by atoms with Crippen molar-refractivity contribution < 1.29 is 9.59 Å². The number of benzene rings is 1. The molecule has 1 N–H and O–H groups in total. The van der Waals surface area contributed by atoms with E-state index in [0.717, 1.165) is 11.4 Å². The van der Waals surface area contributed by atoms with Crippen LogP contribution >= 0.6 is 0 Å². The van der Waals surface area contributed by atoms with E-state index in [1.54, 1.807) is 24.3 Å².